The van der Waals surface area contributed by atoms with E-state index >= 15 is 0 Å². The third-order valence-corrected chi connectivity index (χ3v) is 4.12. The van der Waals surface area contributed by atoms with Crippen molar-refractivity contribution >= 4 is 11.7 Å². The van der Waals surface area contributed by atoms with Crippen LogP contribution in [0.3, 0.4) is 0 Å². The first kappa shape index (κ1) is 14.1. The predicted molar refractivity (Wildman–Crippen MR) is 67.9 cm³/mol. The van der Waals surface area contributed by atoms with Crippen LogP contribution >= 0.6 is 0 Å². The van der Waals surface area contributed by atoms with Gasteiger partial charge in [0.1, 0.15) is 5.41 Å². The Hall–Kier alpha value is -1.34. The van der Waals surface area contributed by atoms with Gasteiger partial charge in [-0.3, -0.25) is 4.79 Å². The van der Waals surface area contributed by atoms with E-state index in [9.17, 15) is 4.79 Å². The van der Waals surface area contributed by atoms with Gasteiger partial charge in [-0.05, 0) is 19.3 Å². The van der Waals surface area contributed by atoms with Crippen molar-refractivity contribution in [2.45, 2.75) is 25.4 Å². The van der Waals surface area contributed by atoms with E-state index in [-0.39, 0.29) is 17.8 Å². The number of carbonyl (C=O) groups excluding carboxylic acids is 1. The van der Waals surface area contributed by atoms with Crippen molar-refractivity contribution in [1.82, 2.24) is 4.90 Å². The van der Waals surface area contributed by atoms with E-state index < -0.39 is 5.41 Å². The van der Waals surface area contributed by atoms with Gasteiger partial charge in [-0.2, -0.15) is 0 Å². The van der Waals surface area contributed by atoms with E-state index in [4.69, 9.17) is 20.4 Å². The Labute approximate surface area is 112 Å². The van der Waals surface area contributed by atoms with Crippen molar-refractivity contribution < 1.29 is 19.5 Å². The molecule has 1 amide bonds. The zero-order valence-corrected chi connectivity index (χ0v) is 11.2. The lowest BCUT2D eigenvalue weighted by molar-refractivity contribution is -0.142. The van der Waals surface area contributed by atoms with Crippen LogP contribution in [0.4, 0.5) is 0 Å². The minimum atomic E-state index is -0.921. The number of ether oxygens (including phenoxy) is 2. The standard InChI is InChI=1S/C12H21N3O4/c1-18-9-2-5-15(8-9)11(16)12(10(13)14-17)3-6-19-7-4-12/h9,17H,2-8H2,1H3,(H2,13,14). The first-order chi connectivity index (χ1) is 9.14. The summed E-state index contributed by atoms with van der Waals surface area (Å²) in [5.41, 5.74) is 4.86. The van der Waals surface area contributed by atoms with E-state index in [0.29, 0.717) is 39.1 Å². The molecule has 108 valence electrons. The van der Waals surface area contributed by atoms with Gasteiger partial charge in [0.15, 0.2) is 5.84 Å². The third kappa shape index (κ3) is 2.52. The molecule has 0 aromatic rings. The second-order valence-corrected chi connectivity index (χ2v) is 5.08. The van der Waals surface area contributed by atoms with E-state index in [1.165, 1.54) is 0 Å². The second kappa shape index (κ2) is 5.75. The van der Waals surface area contributed by atoms with Gasteiger partial charge in [-0.25, -0.2) is 0 Å². The quantitative estimate of drug-likeness (QED) is 0.320. The first-order valence-electron chi connectivity index (χ1n) is 6.52. The Kier molecular flexibility index (Phi) is 4.26. The average molecular weight is 271 g/mol. The Balaban J connectivity index is 2.17. The summed E-state index contributed by atoms with van der Waals surface area (Å²) in [6, 6.07) is 0. The first-order valence-corrected chi connectivity index (χ1v) is 6.52. The van der Waals surface area contributed by atoms with Crippen LogP contribution in [-0.2, 0) is 14.3 Å². The molecule has 0 aliphatic carbocycles. The third-order valence-electron chi connectivity index (χ3n) is 4.12. The fraction of sp³-hybridized carbons (Fsp3) is 0.833. The van der Waals surface area contributed by atoms with Crippen LogP contribution in [0.15, 0.2) is 5.16 Å². The number of nitrogens with two attached hydrogens (primary N) is 1. The Morgan fingerprint density at radius 2 is 2.21 bits per heavy atom. The predicted octanol–water partition coefficient (Wildman–Crippen LogP) is -0.223. The molecule has 2 heterocycles. The summed E-state index contributed by atoms with van der Waals surface area (Å²) < 4.78 is 10.6. The SMILES string of the molecule is COC1CCN(C(=O)C2(C(N)=NO)CCOCC2)C1. The summed E-state index contributed by atoms with van der Waals surface area (Å²) in [6.45, 7) is 2.11. The molecule has 2 aliphatic heterocycles. The maximum atomic E-state index is 12.7. The molecule has 0 bridgehead atoms. The molecule has 0 aromatic carbocycles. The van der Waals surface area contributed by atoms with Crippen LogP contribution in [0.2, 0.25) is 0 Å². The van der Waals surface area contributed by atoms with Gasteiger partial charge in [-0.15, -0.1) is 0 Å². The number of amides is 1. The molecule has 1 unspecified atom stereocenters. The number of methoxy groups -OCH3 is 1. The molecule has 2 rings (SSSR count). The van der Waals surface area contributed by atoms with Crippen LogP contribution in [0.25, 0.3) is 0 Å². The number of hydrogen-bond donors (Lipinski definition) is 2. The summed E-state index contributed by atoms with van der Waals surface area (Å²) in [5.74, 6) is -0.0904. The Morgan fingerprint density at radius 3 is 2.74 bits per heavy atom. The molecule has 0 radical (unpaired) electrons. The van der Waals surface area contributed by atoms with E-state index in [0.717, 1.165) is 6.42 Å². The van der Waals surface area contributed by atoms with Crippen LogP contribution in [-0.4, -0.2) is 61.4 Å². The van der Waals surface area contributed by atoms with Crippen LogP contribution in [0.5, 0.6) is 0 Å². The number of carbonyl (C=O) groups is 1. The molecular formula is C12H21N3O4. The van der Waals surface area contributed by atoms with Crippen molar-refractivity contribution in [2.24, 2.45) is 16.3 Å². The van der Waals surface area contributed by atoms with Gasteiger partial charge in [0.2, 0.25) is 5.91 Å². The van der Waals surface area contributed by atoms with E-state index in [1.54, 1.807) is 12.0 Å². The highest BCUT2D eigenvalue weighted by Gasteiger charge is 2.47. The lowest BCUT2D eigenvalue weighted by Crippen LogP contribution is -2.53. The van der Waals surface area contributed by atoms with Crippen molar-refractivity contribution in [2.75, 3.05) is 33.4 Å². The maximum Gasteiger partial charge on any atom is 0.236 e. The smallest absolute Gasteiger partial charge is 0.236 e. The van der Waals surface area contributed by atoms with Crippen LogP contribution in [0, 0.1) is 5.41 Å². The lowest BCUT2D eigenvalue weighted by Gasteiger charge is -2.37. The highest BCUT2D eigenvalue weighted by molar-refractivity contribution is 6.06. The molecular weight excluding hydrogens is 250 g/mol. The minimum Gasteiger partial charge on any atom is -0.409 e. The molecule has 3 N–H and O–H groups in total. The number of nitrogens with zero attached hydrogens (tertiary/aromatic N) is 2. The fourth-order valence-electron chi connectivity index (χ4n) is 2.80. The molecule has 19 heavy (non-hydrogen) atoms. The monoisotopic (exact) mass is 271 g/mol. The summed E-state index contributed by atoms with van der Waals surface area (Å²) in [5, 5.41) is 12.0. The van der Waals surface area contributed by atoms with Crippen LogP contribution < -0.4 is 5.73 Å². The summed E-state index contributed by atoms with van der Waals surface area (Å²) in [6.07, 6.45) is 1.81. The maximum absolute atomic E-state index is 12.7. The summed E-state index contributed by atoms with van der Waals surface area (Å²) in [4.78, 5) is 14.5. The summed E-state index contributed by atoms with van der Waals surface area (Å²) >= 11 is 0. The van der Waals surface area contributed by atoms with Gasteiger partial charge in [0.05, 0.1) is 6.10 Å². The zero-order chi connectivity index (χ0) is 13.9. The van der Waals surface area contributed by atoms with Crippen molar-refractivity contribution in [1.29, 1.82) is 0 Å². The van der Waals surface area contributed by atoms with Crippen molar-refractivity contribution in [3.63, 3.8) is 0 Å². The molecule has 1 atom stereocenters. The number of likely N-dealkylation sites (tertiary alicyclic amines) is 1. The second-order valence-electron chi connectivity index (χ2n) is 5.08. The molecule has 7 heteroatoms. The summed E-state index contributed by atoms with van der Waals surface area (Å²) in [7, 11) is 1.65. The molecule has 7 nitrogen and oxygen atoms in total. The topological polar surface area (TPSA) is 97.4 Å². The molecule has 0 saturated carbocycles. The van der Waals surface area contributed by atoms with Crippen molar-refractivity contribution in [3.8, 4) is 0 Å². The zero-order valence-electron chi connectivity index (χ0n) is 11.2. The molecule has 0 spiro atoms. The van der Waals surface area contributed by atoms with Gasteiger partial charge in [-0.1, -0.05) is 5.16 Å². The van der Waals surface area contributed by atoms with Crippen LogP contribution in [0.1, 0.15) is 19.3 Å². The minimum absolute atomic E-state index is 0.0123. The van der Waals surface area contributed by atoms with E-state index in [1.807, 2.05) is 0 Å². The number of oxime groups is 1. The lowest BCUT2D eigenvalue weighted by atomic mass is 9.77. The fourth-order valence-corrected chi connectivity index (χ4v) is 2.80. The largest absolute Gasteiger partial charge is 0.409 e. The normalized spacial score (nSPS) is 27.5. The van der Waals surface area contributed by atoms with Gasteiger partial charge >= 0.3 is 0 Å². The molecule has 2 saturated heterocycles. The highest BCUT2D eigenvalue weighted by Crippen LogP contribution is 2.34. The van der Waals surface area contributed by atoms with Crippen molar-refractivity contribution in [3.05, 3.63) is 0 Å². The number of amidine groups is 1. The number of rotatable bonds is 3. The van der Waals surface area contributed by atoms with E-state index in [2.05, 4.69) is 5.16 Å². The average Bonchev–Trinajstić information content (AvgIpc) is 2.95. The molecule has 2 fully saturated rings. The highest BCUT2D eigenvalue weighted by atomic mass is 16.5. The Bertz CT molecular complexity index is 366. The van der Waals surface area contributed by atoms with Gasteiger partial charge < -0.3 is 25.3 Å². The Morgan fingerprint density at radius 1 is 1.53 bits per heavy atom. The van der Waals surface area contributed by atoms with Gasteiger partial charge in [0, 0.05) is 33.4 Å². The number of hydrogen-bond acceptors (Lipinski definition) is 5. The molecule has 2 aliphatic rings. The van der Waals surface area contributed by atoms with Gasteiger partial charge in [0.25, 0.3) is 0 Å². The molecule has 0 aromatic heterocycles.